The Labute approximate surface area is 120 Å². The maximum atomic E-state index is 9.31. The third-order valence-corrected chi connectivity index (χ3v) is 3.57. The predicted octanol–water partition coefficient (Wildman–Crippen LogP) is 2.97. The molecule has 5 nitrogen and oxygen atoms in total. The fourth-order valence-electron chi connectivity index (χ4n) is 2.47. The van der Waals surface area contributed by atoms with Gasteiger partial charge in [0.15, 0.2) is 5.82 Å². The second-order valence-corrected chi connectivity index (χ2v) is 4.91. The molecule has 3 aromatic rings. The van der Waals surface area contributed by atoms with E-state index >= 15 is 0 Å². The number of aromatic hydroxyl groups is 1. The van der Waals surface area contributed by atoms with Crippen LogP contribution in [0, 0.1) is 0 Å². The van der Waals surface area contributed by atoms with E-state index in [0.717, 1.165) is 16.9 Å². The van der Waals surface area contributed by atoms with Crippen molar-refractivity contribution >= 4 is 0 Å². The number of hydrogen-bond donors (Lipinski definition) is 1. The van der Waals surface area contributed by atoms with Crippen molar-refractivity contribution in [2.75, 3.05) is 6.61 Å². The van der Waals surface area contributed by atoms with Crippen LogP contribution in [0.25, 0.3) is 11.5 Å². The Morgan fingerprint density at radius 1 is 1.05 bits per heavy atom. The number of phenolic OH excluding ortho intramolecular Hbond substituents is 1. The van der Waals surface area contributed by atoms with Crippen LogP contribution in [0.15, 0.2) is 53.1 Å². The first kappa shape index (κ1) is 12.0. The van der Waals surface area contributed by atoms with Gasteiger partial charge in [0.2, 0.25) is 0 Å². The van der Waals surface area contributed by atoms with Gasteiger partial charge in [0, 0.05) is 11.1 Å². The van der Waals surface area contributed by atoms with Crippen molar-refractivity contribution in [1.29, 1.82) is 0 Å². The van der Waals surface area contributed by atoms with Crippen LogP contribution in [0.2, 0.25) is 0 Å². The number of hydrogen-bond acceptors (Lipinski definition) is 5. The molecular formula is C16H12N2O3. The van der Waals surface area contributed by atoms with Gasteiger partial charge < -0.3 is 14.4 Å². The van der Waals surface area contributed by atoms with Crippen LogP contribution in [0.4, 0.5) is 0 Å². The fraction of sp³-hybridized carbons (Fsp3) is 0.125. The average molecular weight is 280 g/mol. The van der Waals surface area contributed by atoms with Gasteiger partial charge in [-0.1, -0.05) is 23.4 Å². The first-order valence-corrected chi connectivity index (χ1v) is 6.66. The van der Waals surface area contributed by atoms with E-state index in [2.05, 4.69) is 10.1 Å². The molecule has 5 heteroatoms. The van der Waals surface area contributed by atoms with Crippen LogP contribution in [0.3, 0.4) is 0 Å². The van der Waals surface area contributed by atoms with Crippen molar-refractivity contribution in [2.24, 2.45) is 0 Å². The standard InChI is InChI=1S/C16H12N2O3/c19-11-7-5-10(6-8-11)16-17-15(18-21-16)13-9-20-14-4-2-1-3-12(13)14/h1-8,13,19H,9H2. The molecule has 0 amide bonds. The molecule has 0 saturated heterocycles. The predicted molar refractivity (Wildman–Crippen MR) is 75.2 cm³/mol. The topological polar surface area (TPSA) is 68.4 Å². The molecule has 0 bridgehead atoms. The molecular weight excluding hydrogens is 268 g/mol. The Morgan fingerprint density at radius 3 is 2.71 bits per heavy atom. The van der Waals surface area contributed by atoms with Gasteiger partial charge in [-0.25, -0.2) is 0 Å². The zero-order chi connectivity index (χ0) is 14.2. The minimum absolute atomic E-state index is 0.00387. The van der Waals surface area contributed by atoms with Crippen molar-refractivity contribution in [2.45, 2.75) is 5.92 Å². The molecule has 0 fully saturated rings. The lowest BCUT2D eigenvalue weighted by Gasteiger charge is -2.01. The van der Waals surface area contributed by atoms with E-state index in [0.29, 0.717) is 18.3 Å². The Bertz CT molecular complexity index is 780. The third-order valence-electron chi connectivity index (χ3n) is 3.57. The van der Waals surface area contributed by atoms with Gasteiger partial charge in [0.1, 0.15) is 18.1 Å². The highest BCUT2D eigenvalue weighted by Crippen LogP contribution is 2.37. The van der Waals surface area contributed by atoms with Crippen molar-refractivity contribution in [3.8, 4) is 23.0 Å². The molecule has 1 unspecified atom stereocenters. The summed E-state index contributed by atoms with van der Waals surface area (Å²) in [6.07, 6.45) is 0. The second-order valence-electron chi connectivity index (χ2n) is 4.91. The Hall–Kier alpha value is -2.82. The van der Waals surface area contributed by atoms with Crippen LogP contribution in [0.5, 0.6) is 11.5 Å². The summed E-state index contributed by atoms with van der Waals surface area (Å²) < 4.78 is 11.0. The lowest BCUT2D eigenvalue weighted by molar-refractivity contribution is 0.334. The fourth-order valence-corrected chi connectivity index (χ4v) is 2.47. The number of phenols is 1. The molecule has 1 N–H and O–H groups in total. The molecule has 1 aromatic heterocycles. The molecule has 0 aliphatic carbocycles. The molecule has 4 rings (SSSR count). The molecule has 0 spiro atoms. The molecule has 104 valence electrons. The molecule has 1 atom stereocenters. The number of fused-ring (bicyclic) bond motifs is 1. The summed E-state index contributed by atoms with van der Waals surface area (Å²) in [5.41, 5.74) is 1.86. The van der Waals surface area contributed by atoms with Crippen LogP contribution < -0.4 is 4.74 Å². The molecule has 1 aliphatic heterocycles. The maximum Gasteiger partial charge on any atom is 0.257 e. The monoisotopic (exact) mass is 280 g/mol. The van der Waals surface area contributed by atoms with Crippen molar-refractivity contribution < 1.29 is 14.4 Å². The number of ether oxygens (including phenoxy) is 1. The van der Waals surface area contributed by atoms with Gasteiger partial charge in [-0.15, -0.1) is 0 Å². The van der Waals surface area contributed by atoms with E-state index in [9.17, 15) is 5.11 Å². The summed E-state index contributed by atoms with van der Waals surface area (Å²) in [6, 6.07) is 14.5. The van der Waals surface area contributed by atoms with Crippen molar-refractivity contribution in [1.82, 2.24) is 10.1 Å². The highest BCUT2D eigenvalue weighted by Gasteiger charge is 2.29. The summed E-state index contributed by atoms with van der Waals surface area (Å²) in [4.78, 5) is 4.45. The van der Waals surface area contributed by atoms with Crippen LogP contribution >= 0.6 is 0 Å². The zero-order valence-electron chi connectivity index (χ0n) is 11.1. The highest BCUT2D eigenvalue weighted by atomic mass is 16.5. The number of benzene rings is 2. The van der Waals surface area contributed by atoms with Crippen molar-refractivity contribution in [3.05, 3.63) is 59.9 Å². The second kappa shape index (κ2) is 4.63. The van der Waals surface area contributed by atoms with E-state index in [1.54, 1.807) is 24.3 Å². The lowest BCUT2D eigenvalue weighted by atomic mass is 10.0. The first-order chi connectivity index (χ1) is 10.3. The van der Waals surface area contributed by atoms with E-state index < -0.39 is 0 Å². The van der Waals surface area contributed by atoms with Gasteiger partial charge in [-0.3, -0.25) is 0 Å². The number of rotatable bonds is 2. The molecule has 0 radical (unpaired) electrons. The quantitative estimate of drug-likeness (QED) is 0.781. The SMILES string of the molecule is Oc1ccc(-c2nc(C3COc4ccccc43)no2)cc1. The highest BCUT2D eigenvalue weighted by molar-refractivity contribution is 5.54. The summed E-state index contributed by atoms with van der Waals surface area (Å²) in [6.45, 7) is 0.522. The van der Waals surface area contributed by atoms with Crippen LogP contribution in [0.1, 0.15) is 17.3 Å². The summed E-state index contributed by atoms with van der Waals surface area (Å²) in [7, 11) is 0. The van der Waals surface area contributed by atoms with Crippen LogP contribution in [-0.2, 0) is 0 Å². The van der Waals surface area contributed by atoms with Gasteiger partial charge >= 0.3 is 0 Å². The van der Waals surface area contributed by atoms with Gasteiger partial charge in [0.25, 0.3) is 5.89 Å². The molecule has 2 aromatic carbocycles. The van der Waals surface area contributed by atoms with Gasteiger partial charge in [-0.05, 0) is 30.3 Å². The van der Waals surface area contributed by atoms with Gasteiger partial charge in [0.05, 0.1) is 5.92 Å². The minimum Gasteiger partial charge on any atom is -0.508 e. The summed E-state index contributed by atoms with van der Waals surface area (Å²) in [5.74, 6) is 2.13. The van der Waals surface area contributed by atoms with Crippen molar-refractivity contribution in [3.63, 3.8) is 0 Å². The maximum absolute atomic E-state index is 9.31. The van der Waals surface area contributed by atoms with E-state index in [-0.39, 0.29) is 11.7 Å². The molecule has 2 heterocycles. The molecule has 1 aliphatic rings. The largest absolute Gasteiger partial charge is 0.508 e. The van der Waals surface area contributed by atoms with E-state index in [1.165, 1.54) is 0 Å². The Kier molecular flexibility index (Phi) is 2.64. The number of nitrogens with zero attached hydrogens (tertiary/aromatic N) is 2. The molecule has 0 saturated carbocycles. The summed E-state index contributed by atoms with van der Waals surface area (Å²) >= 11 is 0. The van der Waals surface area contributed by atoms with E-state index in [1.807, 2.05) is 24.3 Å². The third kappa shape index (κ3) is 2.03. The molecule has 21 heavy (non-hydrogen) atoms. The summed E-state index contributed by atoms with van der Waals surface area (Å²) in [5, 5.41) is 13.4. The normalized spacial score (nSPS) is 16.5. The number of para-hydroxylation sites is 1. The Morgan fingerprint density at radius 2 is 1.86 bits per heavy atom. The van der Waals surface area contributed by atoms with Gasteiger partial charge in [-0.2, -0.15) is 4.98 Å². The average Bonchev–Trinajstić information content (AvgIpc) is 3.14. The lowest BCUT2D eigenvalue weighted by Crippen LogP contribution is -2.04. The van der Waals surface area contributed by atoms with E-state index in [4.69, 9.17) is 9.26 Å². The van der Waals surface area contributed by atoms with Crippen LogP contribution in [-0.4, -0.2) is 21.9 Å². The first-order valence-electron chi connectivity index (χ1n) is 6.66. The number of aromatic nitrogens is 2. The zero-order valence-corrected chi connectivity index (χ0v) is 11.1. The smallest absolute Gasteiger partial charge is 0.257 e. The Balaban J connectivity index is 1.68. The minimum atomic E-state index is -0.00387.